The van der Waals surface area contributed by atoms with Crippen molar-refractivity contribution >= 4 is 23.6 Å². The number of benzene rings is 1. The molecule has 0 aromatic heterocycles. The molecule has 0 spiro atoms. The van der Waals surface area contributed by atoms with Crippen LogP contribution < -0.4 is 10.6 Å². The third kappa shape index (κ3) is 2.67. The molecule has 2 N–H and O–H groups in total. The van der Waals surface area contributed by atoms with E-state index in [4.69, 9.17) is 0 Å². The third-order valence-corrected chi connectivity index (χ3v) is 6.36. The summed E-state index contributed by atoms with van der Waals surface area (Å²) in [5.74, 6) is -1.18. The van der Waals surface area contributed by atoms with Gasteiger partial charge in [-0.05, 0) is 36.9 Å². The van der Waals surface area contributed by atoms with Crippen molar-refractivity contribution in [3.63, 3.8) is 0 Å². The Labute approximate surface area is 162 Å². The Hall–Kier alpha value is -2.58. The Balaban J connectivity index is 1.43. The lowest BCUT2D eigenvalue weighted by Crippen LogP contribution is -2.54. The third-order valence-electron chi connectivity index (χ3n) is 6.36. The lowest BCUT2D eigenvalue weighted by atomic mass is 10.0. The quantitative estimate of drug-likeness (QED) is 0.708. The molecule has 2 bridgehead atoms. The van der Waals surface area contributed by atoms with E-state index >= 15 is 0 Å². The molecule has 4 aliphatic heterocycles. The van der Waals surface area contributed by atoms with E-state index in [9.17, 15) is 19.2 Å². The number of imide groups is 2. The highest BCUT2D eigenvalue weighted by molar-refractivity contribution is 6.24. The minimum absolute atomic E-state index is 0.126. The van der Waals surface area contributed by atoms with Gasteiger partial charge in [-0.15, -0.1) is 0 Å². The van der Waals surface area contributed by atoms with Gasteiger partial charge in [0.25, 0.3) is 11.8 Å². The number of carbonyl (C=O) groups is 4. The molecule has 0 radical (unpaired) electrons. The molecule has 1 aromatic carbocycles. The van der Waals surface area contributed by atoms with Crippen LogP contribution in [0.2, 0.25) is 0 Å². The van der Waals surface area contributed by atoms with Gasteiger partial charge in [0, 0.05) is 32.1 Å². The molecule has 146 valence electrons. The normalized spacial score (nSPS) is 30.0. The topological polar surface area (TPSA) is 98.8 Å². The van der Waals surface area contributed by atoms with Crippen LogP contribution in [0.25, 0.3) is 0 Å². The van der Waals surface area contributed by atoms with Crippen molar-refractivity contribution in [2.75, 3.05) is 19.6 Å². The first kappa shape index (κ1) is 17.5. The van der Waals surface area contributed by atoms with E-state index in [1.54, 1.807) is 12.1 Å². The standard InChI is InChI=1S/C20H22N4O4/c25-16-5-4-15(18(26)22-16)24-19(27)14-3-1-2-12(17(14)20(24)28)10-23-9-11-6-13(23)8-21-7-11/h1-3,11,13,15,21H,4-10H2,(H,22,25,26). The minimum Gasteiger partial charge on any atom is -0.315 e. The van der Waals surface area contributed by atoms with Gasteiger partial charge < -0.3 is 5.32 Å². The molecule has 8 nitrogen and oxygen atoms in total. The van der Waals surface area contributed by atoms with Gasteiger partial charge in [-0.3, -0.25) is 34.3 Å². The number of hydrogen-bond acceptors (Lipinski definition) is 6. The molecule has 4 heterocycles. The predicted molar refractivity (Wildman–Crippen MR) is 98.3 cm³/mol. The molecule has 8 heteroatoms. The van der Waals surface area contributed by atoms with E-state index < -0.39 is 23.8 Å². The molecule has 5 rings (SSSR count). The van der Waals surface area contributed by atoms with Gasteiger partial charge in [0.1, 0.15) is 6.04 Å². The highest BCUT2D eigenvalue weighted by Crippen LogP contribution is 2.33. The Bertz CT molecular complexity index is 898. The summed E-state index contributed by atoms with van der Waals surface area (Å²) in [7, 11) is 0. The molecule has 0 aliphatic carbocycles. The van der Waals surface area contributed by atoms with Crippen molar-refractivity contribution in [2.24, 2.45) is 5.92 Å². The zero-order valence-corrected chi connectivity index (χ0v) is 15.4. The average Bonchev–Trinajstić information content (AvgIpc) is 3.09. The van der Waals surface area contributed by atoms with Crippen molar-refractivity contribution < 1.29 is 19.2 Å². The van der Waals surface area contributed by atoms with Crippen LogP contribution >= 0.6 is 0 Å². The van der Waals surface area contributed by atoms with E-state index in [1.165, 1.54) is 0 Å². The summed E-state index contributed by atoms with van der Waals surface area (Å²) in [4.78, 5) is 53.2. The lowest BCUT2D eigenvalue weighted by molar-refractivity contribution is -0.136. The number of fused-ring (bicyclic) bond motifs is 3. The van der Waals surface area contributed by atoms with Gasteiger partial charge in [0.05, 0.1) is 11.1 Å². The number of carbonyl (C=O) groups excluding carboxylic acids is 4. The fourth-order valence-electron chi connectivity index (χ4n) is 5.03. The fraction of sp³-hybridized carbons (Fsp3) is 0.500. The number of piperidine rings is 2. The predicted octanol–water partition coefficient (Wildman–Crippen LogP) is -0.118. The first-order chi connectivity index (χ1) is 13.5. The number of rotatable bonds is 3. The summed E-state index contributed by atoms with van der Waals surface area (Å²) in [6, 6.07) is 4.87. The average molecular weight is 382 g/mol. The highest BCUT2D eigenvalue weighted by atomic mass is 16.2. The fourth-order valence-corrected chi connectivity index (χ4v) is 5.03. The Morgan fingerprint density at radius 3 is 2.71 bits per heavy atom. The van der Waals surface area contributed by atoms with Gasteiger partial charge in [-0.25, -0.2) is 0 Å². The maximum atomic E-state index is 13.2. The summed E-state index contributed by atoms with van der Waals surface area (Å²) < 4.78 is 0. The number of hydrogen-bond donors (Lipinski definition) is 2. The van der Waals surface area contributed by atoms with Crippen LogP contribution in [0.5, 0.6) is 0 Å². The van der Waals surface area contributed by atoms with Crippen molar-refractivity contribution in [1.82, 2.24) is 20.4 Å². The van der Waals surface area contributed by atoms with E-state index in [0.29, 0.717) is 29.6 Å². The molecule has 28 heavy (non-hydrogen) atoms. The van der Waals surface area contributed by atoms with Crippen LogP contribution in [0.4, 0.5) is 0 Å². The molecule has 3 unspecified atom stereocenters. The number of amides is 4. The van der Waals surface area contributed by atoms with Crippen molar-refractivity contribution in [2.45, 2.75) is 37.9 Å². The maximum Gasteiger partial charge on any atom is 0.262 e. The molecular formula is C20H22N4O4. The van der Waals surface area contributed by atoms with Crippen LogP contribution in [0.1, 0.15) is 45.5 Å². The van der Waals surface area contributed by atoms with Gasteiger partial charge in [-0.2, -0.15) is 0 Å². The van der Waals surface area contributed by atoms with Gasteiger partial charge in [0.2, 0.25) is 11.8 Å². The maximum absolute atomic E-state index is 13.2. The smallest absolute Gasteiger partial charge is 0.262 e. The van der Waals surface area contributed by atoms with Crippen LogP contribution in [0.3, 0.4) is 0 Å². The zero-order valence-electron chi connectivity index (χ0n) is 15.4. The summed E-state index contributed by atoms with van der Waals surface area (Å²) in [6.07, 6.45) is 1.46. The second kappa shape index (κ2) is 6.49. The van der Waals surface area contributed by atoms with Gasteiger partial charge >= 0.3 is 0 Å². The first-order valence-corrected chi connectivity index (χ1v) is 9.81. The molecule has 3 saturated heterocycles. The van der Waals surface area contributed by atoms with E-state index in [-0.39, 0.29) is 18.7 Å². The summed E-state index contributed by atoms with van der Waals surface area (Å²) in [5, 5.41) is 5.68. The Morgan fingerprint density at radius 1 is 1.07 bits per heavy atom. The highest BCUT2D eigenvalue weighted by Gasteiger charge is 2.46. The van der Waals surface area contributed by atoms with E-state index in [1.807, 2.05) is 6.07 Å². The number of nitrogens with zero attached hydrogens (tertiary/aromatic N) is 2. The SMILES string of the molecule is O=C1CCC(N2C(=O)c3cccc(CN4CC5CNCC4C5)c3C2=O)C(=O)N1. The summed E-state index contributed by atoms with van der Waals surface area (Å²) in [6.45, 7) is 3.58. The van der Waals surface area contributed by atoms with Gasteiger partial charge in [0.15, 0.2) is 0 Å². The summed E-state index contributed by atoms with van der Waals surface area (Å²) in [5.41, 5.74) is 1.59. The molecule has 4 aliphatic rings. The zero-order chi connectivity index (χ0) is 19.4. The summed E-state index contributed by atoms with van der Waals surface area (Å²) >= 11 is 0. The lowest BCUT2D eigenvalue weighted by Gasteiger charge is -2.28. The molecular weight excluding hydrogens is 360 g/mol. The number of nitrogens with one attached hydrogen (secondary N) is 2. The van der Waals surface area contributed by atoms with Crippen LogP contribution in [0.15, 0.2) is 18.2 Å². The van der Waals surface area contributed by atoms with Crippen LogP contribution in [0, 0.1) is 5.92 Å². The minimum atomic E-state index is -0.923. The Morgan fingerprint density at radius 2 is 1.93 bits per heavy atom. The molecule has 4 amide bonds. The number of likely N-dealkylation sites (tertiary alicyclic amines) is 1. The second-order valence-electron chi connectivity index (χ2n) is 8.13. The monoisotopic (exact) mass is 382 g/mol. The Kier molecular flexibility index (Phi) is 4.06. The van der Waals surface area contributed by atoms with E-state index in [0.717, 1.165) is 36.5 Å². The molecule has 0 saturated carbocycles. The van der Waals surface area contributed by atoms with Crippen molar-refractivity contribution in [3.05, 3.63) is 34.9 Å². The van der Waals surface area contributed by atoms with E-state index in [2.05, 4.69) is 15.5 Å². The van der Waals surface area contributed by atoms with Crippen LogP contribution in [-0.2, 0) is 16.1 Å². The molecule has 1 aromatic rings. The first-order valence-electron chi connectivity index (χ1n) is 9.81. The molecule has 3 fully saturated rings. The van der Waals surface area contributed by atoms with Gasteiger partial charge in [-0.1, -0.05) is 12.1 Å². The van der Waals surface area contributed by atoms with Crippen LogP contribution in [-0.4, -0.2) is 65.1 Å². The van der Waals surface area contributed by atoms with Crippen molar-refractivity contribution in [3.8, 4) is 0 Å². The largest absolute Gasteiger partial charge is 0.315 e. The van der Waals surface area contributed by atoms with Crippen molar-refractivity contribution in [1.29, 1.82) is 0 Å². The second-order valence-corrected chi connectivity index (χ2v) is 8.13. The molecule has 3 atom stereocenters.